The monoisotopic (exact) mass is 389 g/mol. The van der Waals surface area contributed by atoms with Crippen molar-refractivity contribution >= 4 is 11.9 Å². The van der Waals surface area contributed by atoms with Crippen LogP contribution >= 0.6 is 0 Å². The first kappa shape index (κ1) is 19.2. The van der Waals surface area contributed by atoms with Crippen molar-refractivity contribution in [3.8, 4) is 5.75 Å². The fourth-order valence-electron chi connectivity index (χ4n) is 5.77. The zero-order valence-electron chi connectivity index (χ0n) is 16.1. The standard InChI is InChI=1S/C22H28FNO4/c23-18-1-3-19(4-2-18)27-7-8-28-20(25)5-6-24-21(26)22-12-15-9-16(13-22)11-17(10-15)14-22/h1-4,15-17H,5-14H2,(H,24,26). The van der Waals surface area contributed by atoms with Crippen molar-refractivity contribution in [2.45, 2.75) is 44.9 Å². The topological polar surface area (TPSA) is 64.6 Å². The maximum atomic E-state index is 12.8. The summed E-state index contributed by atoms with van der Waals surface area (Å²) in [6.45, 7) is 0.647. The van der Waals surface area contributed by atoms with Gasteiger partial charge in [-0.1, -0.05) is 0 Å². The van der Waals surface area contributed by atoms with E-state index in [1.165, 1.54) is 43.5 Å². The van der Waals surface area contributed by atoms with Crippen LogP contribution in [-0.2, 0) is 14.3 Å². The van der Waals surface area contributed by atoms with Crippen LogP contribution in [0.4, 0.5) is 4.39 Å². The van der Waals surface area contributed by atoms with Gasteiger partial charge in [-0.2, -0.15) is 0 Å². The van der Waals surface area contributed by atoms with Gasteiger partial charge in [0.05, 0.1) is 6.42 Å². The highest BCUT2D eigenvalue weighted by molar-refractivity contribution is 5.83. The molecule has 0 atom stereocenters. The Morgan fingerprint density at radius 3 is 2.21 bits per heavy atom. The van der Waals surface area contributed by atoms with Crippen molar-refractivity contribution in [1.29, 1.82) is 0 Å². The lowest BCUT2D eigenvalue weighted by molar-refractivity contribution is -0.147. The Morgan fingerprint density at radius 2 is 1.61 bits per heavy atom. The molecule has 0 heterocycles. The van der Waals surface area contributed by atoms with E-state index in [0.717, 1.165) is 37.0 Å². The van der Waals surface area contributed by atoms with E-state index < -0.39 is 0 Å². The summed E-state index contributed by atoms with van der Waals surface area (Å²) in [4.78, 5) is 24.7. The Bertz CT molecular complexity index is 682. The normalized spacial score (nSPS) is 30.1. The smallest absolute Gasteiger partial charge is 0.307 e. The molecule has 1 amide bonds. The van der Waals surface area contributed by atoms with E-state index in [0.29, 0.717) is 12.3 Å². The highest BCUT2D eigenvalue weighted by Gasteiger charge is 2.54. The molecule has 4 aliphatic carbocycles. The molecule has 0 saturated heterocycles. The van der Waals surface area contributed by atoms with Crippen molar-refractivity contribution in [2.75, 3.05) is 19.8 Å². The first-order valence-corrected chi connectivity index (χ1v) is 10.3. The summed E-state index contributed by atoms with van der Waals surface area (Å²) >= 11 is 0. The third-order valence-corrected chi connectivity index (χ3v) is 6.56. The molecule has 6 heteroatoms. The maximum Gasteiger partial charge on any atom is 0.307 e. The lowest BCUT2D eigenvalue weighted by atomic mass is 9.49. The Labute approximate surface area is 165 Å². The van der Waals surface area contributed by atoms with E-state index in [4.69, 9.17) is 9.47 Å². The van der Waals surface area contributed by atoms with Crippen molar-refractivity contribution in [1.82, 2.24) is 5.32 Å². The fraction of sp³-hybridized carbons (Fsp3) is 0.636. The summed E-state index contributed by atoms with van der Waals surface area (Å²) in [7, 11) is 0. The van der Waals surface area contributed by atoms with E-state index in [1.807, 2.05) is 0 Å². The summed E-state index contributed by atoms with van der Waals surface area (Å²) in [5.41, 5.74) is -0.179. The van der Waals surface area contributed by atoms with Crippen molar-refractivity contribution in [2.24, 2.45) is 23.2 Å². The van der Waals surface area contributed by atoms with E-state index in [2.05, 4.69) is 5.32 Å². The molecule has 5 rings (SSSR count). The van der Waals surface area contributed by atoms with Gasteiger partial charge < -0.3 is 14.8 Å². The molecule has 0 aliphatic heterocycles. The number of hydrogen-bond acceptors (Lipinski definition) is 4. The summed E-state index contributed by atoms with van der Waals surface area (Å²) in [5.74, 6) is 2.16. The van der Waals surface area contributed by atoms with Gasteiger partial charge in [-0.05, 0) is 80.5 Å². The molecule has 4 fully saturated rings. The largest absolute Gasteiger partial charge is 0.490 e. The molecule has 4 saturated carbocycles. The molecule has 0 unspecified atom stereocenters. The Hall–Kier alpha value is -2.11. The van der Waals surface area contributed by atoms with Gasteiger partial charge in [0, 0.05) is 12.0 Å². The number of carbonyl (C=O) groups excluding carboxylic acids is 2. The third kappa shape index (κ3) is 4.31. The fourth-order valence-corrected chi connectivity index (χ4v) is 5.77. The maximum absolute atomic E-state index is 12.8. The van der Waals surface area contributed by atoms with Crippen molar-refractivity contribution in [3.05, 3.63) is 30.1 Å². The van der Waals surface area contributed by atoms with E-state index in [-0.39, 0.29) is 42.7 Å². The third-order valence-electron chi connectivity index (χ3n) is 6.56. The Balaban J connectivity index is 1.13. The summed E-state index contributed by atoms with van der Waals surface area (Å²) < 4.78 is 23.3. The van der Waals surface area contributed by atoms with Crippen LogP contribution < -0.4 is 10.1 Å². The lowest BCUT2D eigenvalue weighted by Gasteiger charge is -2.55. The van der Waals surface area contributed by atoms with Gasteiger partial charge in [0.15, 0.2) is 0 Å². The van der Waals surface area contributed by atoms with Crippen LogP contribution in [0.3, 0.4) is 0 Å². The molecule has 0 radical (unpaired) electrons. The van der Waals surface area contributed by atoms with Gasteiger partial charge in [0.2, 0.25) is 5.91 Å². The van der Waals surface area contributed by atoms with Crippen LogP contribution in [-0.4, -0.2) is 31.6 Å². The number of ether oxygens (including phenoxy) is 2. The molecule has 0 spiro atoms. The van der Waals surface area contributed by atoms with Crippen LogP contribution in [0.15, 0.2) is 24.3 Å². The van der Waals surface area contributed by atoms with Crippen LogP contribution in [0.2, 0.25) is 0 Å². The van der Waals surface area contributed by atoms with E-state index in [1.54, 1.807) is 0 Å². The number of nitrogens with one attached hydrogen (secondary N) is 1. The lowest BCUT2D eigenvalue weighted by Crippen LogP contribution is -2.53. The number of carbonyl (C=O) groups is 2. The van der Waals surface area contributed by atoms with E-state index >= 15 is 0 Å². The van der Waals surface area contributed by atoms with Gasteiger partial charge in [0.25, 0.3) is 0 Å². The second kappa shape index (κ2) is 8.10. The average Bonchev–Trinajstić information content (AvgIpc) is 2.65. The Morgan fingerprint density at radius 1 is 1.00 bits per heavy atom. The molecule has 5 nitrogen and oxygen atoms in total. The van der Waals surface area contributed by atoms with Crippen molar-refractivity contribution in [3.63, 3.8) is 0 Å². The molecule has 152 valence electrons. The second-order valence-corrected chi connectivity index (χ2v) is 8.73. The second-order valence-electron chi connectivity index (χ2n) is 8.73. The minimum absolute atomic E-state index is 0.124. The van der Waals surface area contributed by atoms with E-state index in [9.17, 15) is 14.0 Å². The summed E-state index contributed by atoms with van der Waals surface area (Å²) in [6, 6.07) is 5.68. The molecular formula is C22H28FNO4. The van der Waals surface area contributed by atoms with Gasteiger partial charge in [-0.15, -0.1) is 0 Å². The molecule has 4 bridgehead atoms. The molecular weight excluding hydrogens is 361 g/mol. The number of esters is 1. The molecule has 0 aromatic heterocycles. The van der Waals surface area contributed by atoms with Gasteiger partial charge in [0.1, 0.15) is 24.8 Å². The predicted molar refractivity (Wildman–Crippen MR) is 101 cm³/mol. The zero-order chi connectivity index (χ0) is 19.6. The highest BCUT2D eigenvalue weighted by Crippen LogP contribution is 2.60. The van der Waals surface area contributed by atoms with Gasteiger partial charge in [-0.25, -0.2) is 4.39 Å². The molecule has 28 heavy (non-hydrogen) atoms. The molecule has 1 aromatic rings. The van der Waals surface area contributed by atoms with Crippen LogP contribution in [0.25, 0.3) is 0 Å². The number of rotatable bonds is 8. The molecule has 4 aliphatic rings. The van der Waals surface area contributed by atoms with Gasteiger partial charge in [-0.3, -0.25) is 9.59 Å². The molecule has 1 N–H and O–H groups in total. The van der Waals surface area contributed by atoms with Crippen molar-refractivity contribution < 1.29 is 23.5 Å². The molecule has 1 aromatic carbocycles. The highest BCUT2D eigenvalue weighted by atomic mass is 19.1. The SMILES string of the molecule is O=C(CCNC(=O)C12CC3CC(CC(C3)C1)C2)OCCOc1ccc(F)cc1. The number of hydrogen-bond donors (Lipinski definition) is 1. The predicted octanol–water partition coefficient (Wildman–Crippen LogP) is 3.47. The number of benzene rings is 1. The Kier molecular flexibility index (Phi) is 5.56. The summed E-state index contributed by atoms with van der Waals surface area (Å²) in [5, 5.41) is 2.99. The minimum atomic E-state index is -0.353. The van der Waals surface area contributed by atoms with Crippen LogP contribution in [0.5, 0.6) is 5.75 Å². The first-order valence-electron chi connectivity index (χ1n) is 10.3. The van der Waals surface area contributed by atoms with Crippen LogP contribution in [0, 0.1) is 29.0 Å². The average molecular weight is 389 g/mol. The zero-order valence-corrected chi connectivity index (χ0v) is 16.1. The number of amides is 1. The minimum Gasteiger partial charge on any atom is -0.490 e. The van der Waals surface area contributed by atoms with Gasteiger partial charge >= 0.3 is 5.97 Å². The van der Waals surface area contributed by atoms with Crippen LogP contribution in [0.1, 0.15) is 44.9 Å². The number of halogens is 1. The quantitative estimate of drug-likeness (QED) is 0.546. The first-order chi connectivity index (χ1) is 13.5. The summed E-state index contributed by atoms with van der Waals surface area (Å²) in [6.07, 6.45) is 7.15.